The fraction of sp³-hybridized carbons (Fsp3) is 0.267. The predicted octanol–water partition coefficient (Wildman–Crippen LogP) is 1.67. The molecule has 1 aromatic heterocycles. The highest BCUT2D eigenvalue weighted by Gasteiger charge is 2.23. The Kier molecular flexibility index (Phi) is 3.43. The molecule has 2 N–H and O–H groups in total. The number of benzene rings is 1. The minimum absolute atomic E-state index is 0.112. The van der Waals surface area contributed by atoms with Gasteiger partial charge in [-0.15, -0.1) is 0 Å². The highest BCUT2D eigenvalue weighted by Crippen LogP contribution is 2.15. The Hall–Kier alpha value is -2.63. The van der Waals surface area contributed by atoms with E-state index in [-0.39, 0.29) is 11.6 Å². The summed E-state index contributed by atoms with van der Waals surface area (Å²) in [6.07, 6.45) is 1.91. The van der Waals surface area contributed by atoms with E-state index in [2.05, 4.69) is 15.3 Å². The smallest absolute Gasteiger partial charge is 0.318 e. The number of nitrogens with zero attached hydrogens (tertiary/aromatic N) is 2. The van der Waals surface area contributed by atoms with Crippen molar-refractivity contribution in [1.82, 2.24) is 14.9 Å². The van der Waals surface area contributed by atoms with Gasteiger partial charge in [0.25, 0.3) is 5.56 Å². The third-order valence-electron chi connectivity index (χ3n) is 3.57. The molecule has 2 amide bonds. The minimum Gasteiger partial charge on any atom is -0.318 e. The van der Waals surface area contributed by atoms with Crippen molar-refractivity contribution in [3.8, 4) is 0 Å². The lowest BCUT2D eigenvalue weighted by Gasteiger charge is -2.27. The number of fused-ring (bicyclic) bond motifs is 1. The zero-order valence-corrected chi connectivity index (χ0v) is 11.7. The number of nitrogens with one attached hydrogen (secondary N) is 2. The van der Waals surface area contributed by atoms with Crippen LogP contribution in [0.4, 0.5) is 10.5 Å². The van der Waals surface area contributed by atoms with E-state index in [1.54, 1.807) is 4.90 Å². The molecular weight excluding hydrogens is 268 g/mol. The van der Waals surface area contributed by atoms with Gasteiger partial charge in [0.2, 0.25) is 0 Å². The maximum Gasteiger partial charge on any atom is 0.322 e. The van der Waals surface area contributed by atoms with Gasteiger partial charge in [0.15, 0.2) is 0 Å². The Balaban J connectivity index is 1.74. The Morgan fingerprint density at radius 1 is 1.43 bits per heavy atom. The summed E-state index contributed by atoms with van der Waals surface area (Å²) in [4.78, 5) is 32.3. The molecule has 2 heterocycles. The zero-order valence-electron chi connectivity index (χ0n) is 11.7. The molecule has 1 aromatic carbocycles. The Morgan fingerprint density at radius 3 is 3.10 bits per heavy atom. The van der Waals surface area contributed by atoms with Crippen molar-refractivity contribution in [3.63, 3.8) is 0 Å². The normalized spacial score (nSPS) is 13.7. The minimum atomic E-state index is -0.173. The Morgan fingerprint density at radius 2 is 2.29 bits per heavy atom. The highest BCUT2D eigenvalue weighted by atomic mass is 16.2. The van der Waals surface area contributed by atoms with Crippen LogP contribution in [0.3, 0.4) is 0 Å². The van der Waals surface area contributed by atoms with Crippen LogP contribution in [0, 0.1) is 6.92 Å². The van der Waals surface area contributed by atoms with Crippen molar-refractivity contribution in [2.24, 2.45) is 0 Å². The predicted molar refractivity (Wildman–Crippen MR) is 79.2 cm³/mol. The van der Waals surface area contributed by atoms with Crippen LogP contribution in [-0.2, 0) is 13.0 Å². The molecule has 0 radical (unpaired) electrons. The lowest BCUT2D eigenvalue weighted by Crippen LogP contribution is -2.41. The summed E-state index contributed by atoms with van der Waals surface area (Å²) in [6, 6.07) is 7.47. The van der Waals surface area contributed by atoms with Gasteiger partial charge in [-0.3, -0.25) is 4.79 Å². The maximum absolute atomic E-state index is 12.3. The van der Waals surface area contributed by atoms with Crippen LogP contribution < -0.4 is 10.9 Å². The molecule has 6 nitrogen and oxygen atoms in total. The molecule has 0 saturated carbocycles. The summed E-state index contributed by atoms with van der Waals surface area (Å²) in [5.74, 6) is 0. The van der Waals surface area contributed by atoms with E-state index in [0.29, 0.717) is 30.8 Å². The third kappa shape index (κ3) is 2.79. The van der Waals surface area contributed by atoms with E-state index in [4.69, 9.17) is 0 Å². The van der Waals surface area contributed by atoms with Crippen molar-refractivity contribution in [3.05, 3.63) is 57.8 Å². The molecular formula is C15H16N4O2. The fourth-order valence-electron chi connectivity index (χ4n) is 2.46. The average molecular weight is 284 g/mol. The molecule has 0 spiro atoms. The monoisotopic (exact) mass is 284 g/mol. The van der Waals surface area contributed by atoms with Crippen molar-refractivity contribution < 1.29 is 4.79 Å². The number of carbonyl (C=O) groups excluding carboxylic acids is 1. The molecule has 0 atom stereocenters. The molecule has 21 heavy (non-hydrogen) atoms. The van der Waals surface area contributed by atoms with Crippen molar-refractivity contribution >= 4 is 11.7 Å². The van der Waals surface area contributed by atoms with Gasteiger partial charge in [0, 0.05) is 17.8 Å². The summed E-state index contributed by atoms with van der Waals surface area (Å²) in [7, 11) is 0. The molecule has 0 fully saturated rings. The van der Waals surface area contributed by atoms with E-state index in [0.717, 1.165) is 11.3 Å². The van der Waals surface area contributed by atoms with Gasteiger partial charge in [-0.2, -0.15) is 0 Å². The molecule has 1 aliphatic heterocycles. The number of carbonyl (C=O) groups is 1. The van der Waals surface area contributed by atoms with E-state index in [9.17, 15) is 9.59 Å². The third-order valence-corrected chi connectivity index (χ3v) is 3.57. The first kappa shape index (κ1) is 13.4. The standard InChI is InChI=1S/C15H16N4O2/c1-10-3-2-4-11(7-10)18-15(21)19-6-5-12-13(8-19)16-9-17-14(12)20/h2-4,7,9H,5-6,8H2,1H3,(H,18,21)(H,16,17,20). The molecule has 0 bridgehead atoms. The number of aryl methyl sites for hydroxylation is 1. The van der Waals surface area contributed by atoms with E-state index in [1.807, 2.05) is 31.2 Å². The first-order valence-electron chi connectivity index (χ1n) is 6.81. The summed E-state index contributed by atoms with van der Waals surface area (Å²) < 4.78 is 0. The van der Waals surface area contributed by atoms with Crippen LogP contribution in [0.15, 0.2) is 35.4 Å². The first-order valence-corrected chi connectivity index (χ1v) is 6.81. The molecule has 2 aromatic rings. The Bertz CT molecular complexity index is 738. The van der Waals surface area contributed by atoms with E-state index in [1.165, 1.54) is 6.33 Å². The van der Waals surface area contributed by atoms with Crippen LogP contribution in [0.5, 0.6) is 0 Å². The lowest BCUT2D eigenvalue weighted by molar-refractivity contribution is 0.205. The summed E-state index contributed by atoms with van der Waals surface area (Å²) >= 11 is 0. The second-order valence-electron chi connectivity index (χ2n) is 5.13. The molecule has 6 heteroatoms. The van der Waals surface area contributed by atoms with Crippen LogP contribution in [0.2, 0.25) is 0 Å². The number of hydrogen-bond acceptors (Lipinski definition) is 3. The van der Waals surface area contributed by atoms with Crippen molar-refractivity contribution in [2.75, 3.05) is 11.9 Å². The van der Waals surface area contributed by atoms with Gasteiger partial charge in [0.1, 0.15) is 0 Å². The largest absolute Gasteiger partial charge is 0.322 e. The molecule has 0 saturated heterocycles. The number of urea groups is 1. The number of amides is 2. The van der Waals surface area contributed by atoms with Gasteiger partial charge < -0.3 is 15.2 Å². The molecule has 0 aliphatic carbocycles. The van der Waals surface area contributed by atoms with Crippen LogP contribution in [0.25, 0.3) is 0 Å². The number of anilines is 1. The first-order chi connectivity index (χ1) is 10.1. The van der Waals surface area contributed by atoms with Gasteiger partial charge in [-0.1, -0.05) is 12.1 Å². The molecule has 3 rings (SSSR count). The van der Waals surface area contributed by atoms with Crippen molar-refractivity contribution in [1.29, 1.82) is 0 Å². The second-order valence-corrected chi connectivity index (χ2v) is 5.13. The quantitative estimate of drug-likeness (QED) is 0.836. The number of aromatic nitrogens is 2. The summed E-state index contributed by atoms with van der Waals surface area (Å²) in [5.41, 5.74) is 3.09. The highest BCUT2D eigenvalue weighted by molar-refractivity contribution is 5.89. The summed E-state index contributed by atoms with van der Waals surface area (Å²) in [6.45, 7) is 2.85. The topological polar surface area (TPSA) is 78.1 Å². The number of rotatable bonds is 1. The molecule has 0 unspecified atom stereocenters. The average Bonchev–Trinajstić information content (AvgIpc) is 2.47. The number of aromatic amines is 1. The SMILES string of the molecule is Cc1cccc(NC(=O)N2CCc3c(nc[nH]c3=O)C2)c1. The number of hydrogen-bond donors (Lipinski definition) is 2. The van der Waals surface area contributed by atoms with Gasteiger partial charge in [-0.05, 0) is 31.0 Å². The van der Waals surface area contributed by atoms with E-state index < -0.39 is 0 Å². The van der Waals surface area contributed by atoms with Gasteiger partial charge >= 0.3 is 6.03 Å². The van der Waals surface area contributed by atoms with Gasteiger partial charge in [-0.25, -0.2) is 9.78 Å². The van der Waals surface area contributed by atoms with E-state index >= 15 is 0 Å². The molecule has 108 valence electrons. The fourth-order valence-corrected chi connectivity index (χ4v) is 2.46. The summed E-state index contributed by atoms with van der Waals surface area (Å²) in [5, 5.41) is 2.87. The van der Waals surface area contributed by atoms with Crippen molar-refractivity contribution in [2.45, 2.75) is 19.9 Å². The lowest BCUT2D eigenvalue weighted by atomic mass is 10.1. The van der Waals surface area contributed by atoms with Crippen LogP contribution in [0.1, 0.15) is 16.8 Å². The Labute approximate surface area is 121 Å². The number of H-pyrrole nitrogens is 1. The second kappa shape index (κ2) is 5.40. The zero-order chi connectivity index (χ0) is 14.8. The maximum atomic E-state index is 12.3. The van der Waals surface area contributed by atoms with Gasteiger partial charge in [0.05, 0.1) is 18.6 Å². The van der Waals surface area contributed by atoms with Crippen LogP contribution in [-0.4, -0.2) is 27.4 Å². The molecule has 1 aliphatic rings. The van der Waals surface area contributed by atoms with Crippen LogP contribution >= 0.6 is 0 Å².